The van der Waals surface area contributed by atoms with Crippen LogP contribution in [0.4, 0.5) is 0 Å². The second-order valence-electron chi connectivity index (χ2n) is 9.88. The number of fused-ring (bicyclic) bond motifs is 6. The standard InChI is InChI=1S/C35H23N3O/c1-22-12-5-6-15-24(22)27-18-11-19-28-32-34(39-33(27)28)31(23-13-3-2-4-14-23)36-35(37-32)38-29-20-9-7-16-25(29)26-17-8-10-21-30(26)38/h2-21H,1H3. The van der Waals surface area contributed by atoms with E-state index in [1.54, 1.807) is 0 Å². The van der Waals surface area contributed by atoms with E-state index in [0.29, 0.717) is 11.5 Å². The summed E-state index contributed by atoms with van der Waals surface area (Å²) in [7, 11) is 0. The highest BCUT2D eigenvalue weighted by atomic mass is 16.3. The lowest BCUT2D eigenvalue weighted by Crippen LogP contribution is -2.02. The third-order valence-electron chi connectivity index (χ3n) is 7.59. The highest BCUT2D eigenvalue weighted by Crippen LogP contribution is 2.40. The molecule has 0 aliphatic carbocycles. The molecule has 0 N–H and O–H groups in total. The summed E-state index contributed by atoms with van der Waals surface area (Å²) in [5, 5.41) is 3.33. The number of benzene rings is 5. The Balaban J connectivity index is 1.51. The largest absolute Gasteiger partial charge is 0.451 e. The summed E-state index contributed by atoms with van der Waals surface area (Å²) in [5.41, 5.74) is 9.66. The molecule has 0 amide bonds. The second kappa shape index (κ2) is 8.40. The van der Waals surface area contributed by atoms with E-state index in [-0.39, 0.29) is 0 Å². The molecule has 0 radical (unpaired) electrons. The van der Waals surface area contributed by atoms with E-state index in [4.69, 9.17) is 14.4 Å². The summed E-state index contributed by atoms with van der Waals surface area (Å²) in [6.07, 6.45) is 0. The molecule has 0 saturated heterocycles. The Morgan fingerprint density at radius 1 is 0.538 bits per heavy atom. The summed E-state index contributed by atoms with van der Waals surface area (Å²) in [6, 6.07) is 41.8. The van der Waals surface area contributed by atoms with Gasteiger partial charge in [-0.05, 0) is 36.2 Å². The van der Waals surface area contributed by atoms with Crippen LogP contribution in [0.5, 0.6) is 0 Å². The van der Waals surface area contributed by atoms with Crippen LogP contribution in [0.15, 0.2) is 126 Å². The molecule has 0 spiro atoms. The monoisotopic (exact) mass is 501 g/mol. The Kier molecular flexibility index (Phi) is 4.70. The molecule has 8 aromatic rings. The van der Waals surface area contributed by atoms with Gasteiger partial charge in [-0.2, -0.15) is 0 Å². The fourth-order valence-electron chi connectivity index (χ4n) is 5.77. The molecule has 39 heavy (non-hydrogen) atoms. The van der Waals surface area contributed by atoms with Crippen molar-refractivity contribution >= 4 is 43.9 Å². The molecule has 0 bridgehead atoms. The van der Waals surface area contributed by atoms with Crippen molar-refractivity contribution in [2.75, 3.05) is 0 Å². The zero-order valence-electron chi connectivity index (χ0n) is 21.3. The van der Waals surface area contributed by atoms with Gasteiger partial charge >= 0.3 is 0 Å². The van der Waals surface area contributed by atoms with Crippen molar-refractivity contribution in [2.45, 2.75) is 6.92 Å². The first kappa shape index (κ1) is 21.8. The number of aryl methyl sites for hydroxylation is 1. The van der Waals surface area contributed by atoms with Gasteiger partial charge in [0.15, 0.2) is 5.58 Å². The second-order valence-corrected chi connectivity index (χ2v) is 9.88. The number of para-hydroxylation sites is 3. The van der Waals surface area contributed by atoms with Crippen molar-refractivity contribution < 1.29 is 4.42 Å². The molecule has 3 heterocycles. The summed E-state index contributed by atoms with van der Waals surface area (Å²) in [4.78, 5) is 10.4. The first-order valence-corrected chi connectivity index (χ1v) is 13.1. The van der Waals surface area contributed by atoms with Crippen molar-refractivity contribution in [1.82, 2.24) is 14.5 Å². The average molecular weight is 502 g/mol. The molecule has 0 aliphatic rings. The van der Waals surface area contributed by atoms with Crippen LogP contribution in [0.25, 0.3) is 72.2 Å². The van der Waals surface area contributed by atoms with Gasteiger partial charge in [0.2, 0.25) is 5.95 Å². The van der Waals surface area contributed by atoms with Crippen LogP contribution in [0.1, 0.15) is 5.56 Å². The molecule has 184 valence electrons. The number of rotatable bonds is 3. The van der Waals surface area contributed by atoms with Crippen LogP contribution in [0.2, 0.25) is 0 Å². The zero-order chi connectivity index (χ0) is 25.9. The van der Waals surface area contributed by atoms with Crippen molar-refractivity contribution in [3.63, 3.8) is 0 Å². The number of furan rings is 1. The Labute approximate surface area is 224 Å². The van der Waals surface area contributed by atoms with Gasteiger partial charge < -0.3 is 4.42 Å². The fourth-order valence-corrected chi connectivity index (χ4v) is 5.77. The molecule has 0 aliphatic heterocycles. The lowest BCUT2D eigenvalue weighted by Gasteiger charge is -2.09. The van der Waals surface area contributed by atoms with Crippen LogP contribution >= 0.6 is 0 Å². The molecule has 3 aromatic heterocycles. The summed E-state index contributed by atoms with van der Waals surface area (Å²) >= 11 is 0. The van der Waals surface area contributed by atoms with Crippen LogP contribution in [-0.2, 0) is 0 Å². The third kappa shape index (κ3) is 3.25. The lowest BCUT2D eigenvalue weighted by atomic mass is 9.99. The van der Waals surface area contributed by atoms with Crippen LogP contribution in [-0.4, -0.2) is 14.5 Å². The quantitative estimate of drug-likeness (QED) is 0.242. The van der Waals surface area contributed by atoms with Gasteiger partial charge in [-0.3, -0.25) is 4.57 Å². The predicted molar refractivity (Wildman–Crippen MR) is 159 cm³/mol. The number of hydrogen-bond acceptors (Lipinski definition) is 3. The van der Waals surface area contributed by atoms with Gasteiger partial charge in [-0.1, -0.05) is 103 Å². The van der Waals surface area contributed by atoms with Gasteiger partial charge in [-0.15, -0.1) is 0 Å². The van der Waals surface area contributed by atoms with Gasteiger partial charge in [0, 0.05) is 27.3 Å². The Morgan fingerprint density at radius 3 is 1.90 bits per heavy atom. The maximum absolute atomic E-state index is 6.69. The summed E-state index contributed by atoms with van der Waals surface area (Å²) < 4.78 is 8.86. The third-order valence-corrected chi connectivity index (χ3v) is 7.59. The number of hydrogen-bond donors (Lipinski definition) is 0. The number of nitrogens with zero attached hydrogens (tertiary/aromatic N) is 3. The van der Waals surface area contributed by atoms with E-state index in [1.807, 2.05) is 18.2 Å². The zero-order valence-corrected chi connectivity index (χ0v) is 21.3. The molecule has 0 saturated carbocycles. The normalized spacial score (nSPS) is 11.7. The Morgan fingerprint density at radius 2 is 1.15 bits per heavy atom. The van der Waals surface area contributed by atoms with Crippen molar-refractivity contribution in [3.05, 3.63) is 127 Å². The molecule has 0 fully saturated rings. The van der Waals surface area contributed by atoms with Crippen molar-refractivity contribution in [3.8, 4) is 28.3 Å². The summed E-state index contributed by atoms with van der Waals surface area (Å²) in [6.45, 7) is 2.13. The Hall–Kier alpha value is -5.22. The fraction of sp³-hybridized carbons (Fsp3) is 0.0286. The molecule has 5 aromatic carbocycles. The van der Waals surface area contributed by atoms with Crippen molar-refractivity contribution in [1.29, 1.82) is 0 Å². The van der Waals surface area contributed by atoms with Gasteiger partial charge in [0.1, 0.15) is 16.8 Å². The maximum Gasteiger partial charge on any atom is 0.236 e. The minimum Gasteiger partial charge on any atom is -0.451 e. The van der Waals surface area contributed by atoms with Crippen LogP contribution in [0, 0.1) is 6.92 Å². The highest BCUT2D eigenvalue weighted by molar-refractivity contribution is 6.12. The Bertz CT molecular complexity index is 2130. The van der Waals surface area contributed by atoms with Crippen LogP contribution < -0.4 is 0 Å². The van der Waals surface area contributed by atoms with E-state index in [1.165, 1.54) is 16.3 Å². The molecule has 4 heteroatoms. The molecule has 4 nitrogen and oxygen atoms in total. The molecular weight excluding hydrogens is 478 g/mol. The summed E-state index contributed by atoms with van der Waals surface area (Å²) in [5.74, 6) is 0.628. The number of aromatic nitrogens is 3. The van der Waals surface area contributed by atoms with Crippen LogP contribution in [0.3, 0.4) is 0 Å². The van der Waals surface area contributed by atoms with Gasteiger partial charge in [-0.25, -0.2) is 9.97 Å². The highest BCUT2D eigenvalue weighted by Gasteiger charge is 2.22. The van der Waals surface area contributed by atoms with Gasteiger partial charge in [0.25, 0.3) is 0 Å². The van der Waals surface area contributed by atoms with E-state index < -0.39 is 0 Å². The lowest BCUT2D eigenvalue weighted by molar-refractivity contribution is 0.667. The molecule has 8 rings (SSSR count). The first-order valence-electron chi connectivity index (χ1n) is 13.1. The predicted octanol–water partition coefficient (Wildman–Crippen LogP) is 9.12. The van der Waals surface area contributed by atoms with E-state index in [0.717, 1.165) is 49.9 Å². The maximum atomic E-state index is 6.69. The van der Waals surface area contributed by atoms with E-state index >= 15 is 0 Å². The minimum absolute atomic E-state index is 0.628. The van der Waals surface area contributed by atoms with E-state index in [2.05, 4.69) is 115 Å². The molecule has 0 atom stereocenters. The van der Waals surface area contributed by atoms with Gasteiger partial charge in [0.05, 0.1) is 11.0 Å². The van der Waals surface area contributed by atoms with Crippen molar-refractivity contribution in [2.24, 2.45) is 0 Å². The molecule has 0 unspecified atom stereocenters. The molecular formula is C35H23N3O. The smallest absolute Gasteiger partial charge is 0.236 e. The first-order chi connectivity index (χ1) is 19.3. The topological polar surface area (TPSA) is 43.9 Å². The minimum atomic E-state index is 0.628. The SMILES string of the molecule is Cc1ccccc1-c1cccc2c1oc1c(-c3ccccc3)nc(-n3c4ccccc4c4ccccc43)nc12. The van der Waals surface area contributed by atoms with E-state index in [9.17, 15) is 0 Å². The average Bonchev–Trinajstić information content (AvgIpc) is 3.53.